The van der Waals surface area contributed by atoms with Crippen molar-refractivity contribution in [3.8, 4) is 10.4 Å². The molecule has 9 heteroatoms. The molecule has 0 aliphatic carbocycles. The van der Waals surface area contributed by atoms with E-state index in [1.165, 1.54) is 9.80 Å². The Kier molecular flexibility index (Phi) is 6.83. The van der Waals surface area contributed by atoms with E-state index in [9.17, 15) is 19.5 Å². The molecular formula is C28H30N4O4S. The number of aliphatic hydroxyl groups excluding tert-OH is 1. The van der Waals surface area contributed by atoms with Gasteiger partial charge in [0.25, 0.3) is 5.91 Å². The summed E-state index contributed by atoms with van der Waals surface area (Å²) in [6.45, 7) is 4.48. The number of likely N-dealkylation sites (N-methyl/N-ethyl adjacent to an activating group) is 1. The Bertz CT molecular complexity index is 1340. The van der Waals surface area contributed by atoms with Gasteiger partial charge >= 0.3 is 0 Å². The van der Waals surface area contributed by atoms with Gasteiger partial charge in [0, 0.05) is 38.7 Å². The van der Waals surface area contributed by atoms with Crippen LogP contribution in [0.15, 0.2) is 54.0 Å². The highest BCUT2D eigenvalue weighted by Crippen LogP contribution is 2.29. The second-order valence-corrected chi connectivity index (χ2v) is 10.7. The second kappa shape index (κ2) is 10.1. The van der Waals surface area contributed by atoms with E-state index in [-0.39, 0.29) is 30.7 Å². The Morgan fingerprint density at radius 3 is 2.59 bits per heavy atom. The van der Waals surface area contributed by atoms with Gasteiger partial charge in [-0.2, -0.15) is 0 Å². The van der Waals surface area contributed by atoms with Crippen LogP contribution < -0.4 is 0 Å². The monoisotopic (exact) mass is 518 g/mol. The lowest BCUT2D eigenvalue weighted by molar-refractivity contribution is -0.145. The molecule has 0 saturated carbocycles. The molecule has 1 fully saturated rings. The zero-order valence-electron chi connectivity index (χ0n) is 21.1. The molecule has 3 atom stereocenters. The maximum absolute atomic E-state index is 13.5. The maximum atomic E-state index is 13.5. The molecule has 1 N–H and O–H groups in total. The fraction of sp³-hybridized carbons (Fsp3) is 0.357. The molecule has 3 amide bonds. The molecule has 0 spiro atoms. The Labute approximate surface area is 220 Å². The number of thiazole rings is 1. The van der Waals surface area contributed by atoms with Gasteiger partial charge in [-0.3, -0.25) is 14.4 Å². The van der Waals surface area contributed by atoms with Crippen LogP contribution in [0.1, 0.15) is 40.5 Å². The van der Waals surface area contributed by atoms with Gasteiger partial charge in [0.2, 0.25) is 11.8 Å². The van der Waals surface area contributed by atoms with Crippen LogP contribution in [-0.2, 0) is 22.7 Å². The second-order valence-electron chi connectivity index (χ2n) is 9.82. The number of carbonyl (C=O) groups excluding carboxylic acids is 3. The molecule has 1 aromatic heterocycles. The maximum Gasteiger partial charge on any atom is 0.255 e. The summed E-state index contributed by atoms with van der Waals surface area (Å²) in [4.78, 5) is 49.8. The summed E-state index contributed by atoms with van der Waals surface area (Å²) >= 11 is 1.59. The Hall–Kier alpha value is -3.56. The highest BCUT2D eigenvalue weighted by atomic mass is 32.1. The quantitative estimate of drug-likeness (QED) is 0.541. The van der Waals surface area contributed by atoms with Crippen molar-refractivity contribution in [3.05, 3.63) is 76.4 Å². The first kappa shape index (κ1) is 25.1. The first-order valence-corrected chi connectivity index (χ1v) is 13.2. The zero-order chi connectivity index (χ0) is 26.3. The number of carbonyl (C=O) groups is 3. The van der Waals surface area contributed by atoms with E-state index in [1.807, 2.05) is 54.9 Å². The number of aromatic nitrogens is 1. The van der Waals surface area contributed by atoms with Crippen LogP contribution >= 0.6 is 11.3 Å². The number of hydrogen-bond acceptors (Lipinski definition) is 6. The number of β-amino-alcohol motifs (C(OH)–C–C–N with tert-alkyl or cyclic N) is 1. The number of likely N-dealkylation sites (tertiary alicyclic amines) is 1. The number of amides is 3. The van der Waals surface area contributed by atoms with E-state index >= 15 is 0 Å². The van der Waals surface area contributed by atoms with Crippen LogP contribution in [0.25, 0.3) is 10.4 Å². The predicted octanol–water partition coefficient (Wildman–Crippen LogP) is 3.08. The summed E-state index contributed by atoms with van der Waals surface area (Å²) in [7, 11) is 1.71. The summed E-state index contributed by atoms with van der Waals surface area (Å²) in [6, 6.07) is 13.8. The lowest BCUT2D eigenvalue weighted by Crippen LogP contribution is -2.52. The summed E-state index contributed by atoms with van der Waals surface area (Å²) in [5, 5.41) is 10.4. The highest BCUT2D eigenvalue weighted by molar-refractivity contribution is 7.13. The lowest BCUT2D eigenvalue weighted by atomic mass is 10.1. The number of aryl methyl sites for hydroxylation is 1. The van der Waals surface area contributed by atoms with Crippen LogP contribution in [0.4, 0.5) is 0 Å². The number of fused-ring (bicyclic) bond motifs is 1. The van der Waals surface area contributed by atoms with Crippen LogP contribution in [-0.4, -0.2) is 74.3 Å². The van der Waals surface area contributed by atoms with Gasteiger partial charge in [-0.25, -0.2) is 4.98 Å². The number of nitrogens with zero attached hydrogens (tertiary/aromatic N) is 4. The Balaban J connectivity index is 1.26. The van der Waals surface area contributed by atoms with Crippen molar-refractivity contribution in [1.82, 2.24) is 19.7 Å². The molecule has 0 bridgehead atoms. The van der Waals surface area contributed by atoms with E-state index in [0.717, 1.165) is 27.3 Å². The molecule has 3 heterocycles. The van der Waals surface area contributed by atoms with E-state index in [1.54, 1.807) is 36.3 Å². The molecular weight excluding hydrogens is 488 g/mol. The minimum Gasteiger partial charge on any atom is -0.391 e. The van der Waals surface area contributed by atoms with Gasteiger partial charge in [0.1, 0.15) is 12.1 Å². The third-order valence-electron chi connectivity index (χ3n) is 7.28. The molecule has 2 aliphatic rings. The predicted molar refractivity (Wildman–Crippen MR) is 141 cm³/mol. The van der Waals surface area contributed by atoms with Crippen molar-refractivity contribution in [2.45, 2.75) is 51.5 Å². The number of rotatable bonds is 6. The van der Waals surface area contributed by atoms with E-state index < -0.39 is 18.2 Å². The largest absolute Gasteiger partial charge is 0.391 e. The summed E-state index contributed by atoms with van der Waals surface area (Å²) in [5.74, 6) is -0.739. The van der Waals surface area contributed by atoms with Crippen LogP contribution in [0.3, 0.4) is 0 Å². The average Bonchev–Trinajstić information content (AvgIpc) is 3.60. The van der Waals surface area contributed by atoms with Crippen molar-refractivity contribution in [3.63, 3.8) is 0 Å². The van der Waals surface area contributed by atoms with Crippen molar-refractivity contribution in [2.24, 2.45) is 0 Å². The average molecular weight is 519 g/mol. The highest BCUT2D eigenvalue weighted by Gasteiger charge is 2.44. The van der Waals surface area contributed by atoms with Crippen molar-refractivity contribution < 1.29 is 19.5 Å². The smallest absolute Gasteiger partial charge is 0.255 e. The fourth-order valence-corrected chi connectivity index (χ4v) is 6.01. The number of hydrogen-bond donors (Lipinski definition) is 1. The van der Waals surface area contributed by atoms with Gasteiger partial charge in [0.15, 0.2) is 0 Å². The molecule has 2 aromatic carbocycles. The fourth-order valence-electron chi connectivity index (χ4n) is 5.20. The third-order valence-corrected chi connectivity index (χ3v) is 8.26. The van der Waals surface area contributed by atoms with E-state index in [4.69, 9.17) is 0 Å². The standard InChI is InChI=1S/C28H30N4O4S/c1-17-25(37-16-29-17)20-10-8-19(9-11-20)13-30(3)28(36)24-12-22(33)15-32(24)26(34)18(2)31-14-21-6-4-5-7-23(21)27(31)35/h4-11,16,18,22,24,33H,12-15H2,1-3H3/t18?,22-,24+/m1/s1. The Morgan fingerprint density at radius 1 is 1.19 bits per heavy atom. The van der Waals surface area contributed by atoms with Crippen molar-refractivity contribution >= 4 is 29.1 Å². The molecule has 2 aliphatic heterocycles. The lowest BCUT2D eigenvalue weighted by Gasteiger charge is -2.32. The summed E-state index contributed by atoms with van der Waals surface area (Å²) in [6.07, 6.45) is -0.605. The third kappa shape index (κ3) is 4.76. The zero-order valence-corrected chi connectivity index (χ0v) is 21.9. The SMILES string of the molecule is Cc1ncsc1-c1ccc(CN(C)C(=O)[C@@H]2C[C@@H](O)CN2C(=O)C(C)N2Cc3ccccc3C2=O)cc1. The van der Waals surface area contributed by atoms with Crippen LogP contribution in [0, 0.1) is 6.92 Å². The molecule has 1 saturated heterocycles. The summed E-state index contributed by atoms with van der Waals surface area (Å²) in [5.41, 5.74) is 6.36. The number of aliphatic hydroxyl groups is 1. The molecule has 8 nitrogen and oxygen atoms in total. The number of benzene rings is 2. The molecule has 5 rings (SSSR count). The van der Waals surface area contributed by atoms with Gasteiger partial charge < -0.3 is 19.8 Å². The topological polar surface area (TPSA) is 94.1 Å². The molecule has 0 radical (unpaired) electrons. The van der Waals surface area contributed by atoms with Crippen molar-refractivity contribution in [2.75, 3.05) is 13.6 Å². The minimum absolute atomic E-state index is 0.0747. The van der Waals surface area contributed by atoms with E-state index in [0.29, 0.717) is 18.7 Å². The van der Waals surface area contributed by atoms with Gasteiger partial charge in [0.05, 0.1) is 22.2 Å². The normalized spacial score (nSPS) is 19.7. The van der Waals surface area contributed by atoms with Crippen LogP contribution in [0.2, 0.25) is 0 Å². The summed E-state index contributed by atoms with van der Waals surface area (Å²) < 4.78 is 0. The van der Waals surface area contributed by atoms with Crippen LogP contribution in [0.5, 0.6) is 0 Å². The van der Waals surface area contributed by atoms with E-state index in [2.05, 4.69) is 4.98 Å². The van der Waals surface area contributed by atoms with Crippen molar-refractivity contribution in [1.29, 1.82) is 0 Å². The van der Waals surface area contributed by atoms with Gasteiger partial charge in [-0.15, -0.1) is 11.3 Å². The Morgan fingerprint density at radius 2 is 1.92 bits per heavy atom. The van der Waals surface area contributed by atoms with Gasteiger partial charge in [-0.1, -0.05) is 42.5 Å². The molecule has 192 valence electrons. The molecule has 37 heavy (non-hydrogen) atoms. The minimum atomic E-state index is -0.785. The molecule has 1 unspecified atom stereocenters. The first-order chi connectivity index (χ1) is 17.7. The molecule has 3 aromatic rings. The van der Waals surface area contributed by atoms with Gasteiger partial charge in [-0.05, 0) is 36.6 Å². The first-order valence-electron chi connectivity index (χ1n) is 12.4.